The summed E-state index contributed by atoms with van der Waals surface area (Å²) < 4.78 is 48.8. The van der Waals surface area contributed by atoms with Gasteiger partial charge in [-0.05, 0) is 6.42 Å². The van der Waals surface area contributed by atoms with Gasteiger partial charge in [-0.1, -0.05) is 6.92 Å². The number of piperidine rings is 1. The van der Waals surface area contributed by atoms with Crippen LogP contribution in [0.15, 0.2) is 0 Å². The number of carbonyl (C=O) groups excluding carboxylic acids is 1. The van der Waals surface area contributed by atoms with Crippen LogP contribution < -0.4 is 0 Å². The first kappa shape index (κ1) is 11.3. The Bertz CT molecular complexity index is 228. The molecule has 2 nitrogen and oxygen atoms in total. The molecular weight excluding hydrogens is 202 g/mol. The zero-order valence-corrected chi connectivity index (χ0v) is 7.64. The number of rotatable bonds is 0. The summed E-state index contributed by atoms with van der Waals surface area (Å²) in [5.74, 6) is -2.38. The van der Waals surface area contributed by atoms with E-state index in [4.69, 9.17) is 0 Å². The Hall–Kier alpha value is -0.810. The summed E-state index contributed by atoms with van der Waals surface area (Å²) in [6.45, 7) is 1.20. The van der Waals surface area contributed by atoms with Crippen molar-refractivity contribution in [2.45, 2.75) is 25.7 Å². The van der Waals surface area contributed by atoms with E-state index in [1.807, 2.05) is 0 Å². The van der Waals surface area contributed by atoms with Crippen LogP contribution in [0, 0.1) is 5.92 Å². The third kappa shape index (κ3) is 2.36. The van der Waals surface area contributed by atoms with Crippen molar-refractivity contribution in [3.05, 3.63) is 0 Å². The first-order valence-electron chi connectivity index (χ1n) is 4.32. The van der Waals surface area contributed by atoms with E-state index in [9.17, 15) is 22.4 Å². The van der Waals surface area contributed by atoms with E-state index in [-0.39, 0.29) is 19.5 Å². The molecule has 82 valence electrons. The molecule has 14 heavy (non-hydrogen) atoms. The molecule has 1 fully saturated rings. The molecule has 0 N–H and O–H groups in total. The Labute approximate surface area is 78.9 Å². The molecule has 0 aromatic rings. The highest BCUT2D eigenvalue weighted by Crippen LogP contribution is 2.24. The van der Waals surface area contributed by atoms with Crippen molar-refractivity contribution in [3.8, 4) is 0 Å². The Morgan fingerprint density at radius 2 is 2.00 bits per heavy atom. The third-order valence-electron chi connectivity index (χ3n) is 2.33. The van der Waals surface area contributed by atoms with Crippen LogP contribution in [0.2, 0.25) is 0 Å². The molecule has 1 aliphatic rings. The standard InChI is InChI=1S/C8H11F4NO/c1-5-4-13(3-2-6(5)9)7(14)8(10,11)12/h5-6H,2-4H2,1H3/t5-,6+/m1/s1. The summed E-state index contributed by atoms with van der Waals surface area (Å²) in [6.07, 6.45) is -5.96. The van der Waals surface area contributed by atoms with Crippen LogP contribution in [0.4, 0.5) is 17.6 Å². The van der Waals surface area contributed by atoms with Crippen LogP contribution >= 0.6 is 0 Å². The van der Waals surface area contributed by atoms with Crippen molar-refractivity contribution >= 4 is 5.91 Å². The lowest BCUT2D eigenvalue weighted by Gasteiger charge is -2.33. The van der Waals surface area contributed by atoms with Crippen LogP contribution in [0.25, 0.3) is 0 Å². The van der Waals surface area contributed by atoms with Gasteiger partial charge < -0.3 is 4.90 Å². The molecule has 0 spiro atoms. The molecule has 0 bridgehead atoms. The monoisotopic (exact) mass is 213 g/mol. The summed E-state index contributed by atoms with van der Waals surface area (Å²) in [7, 11) is 0. The van der Waals surface area contributed by atoms with Crippen LogP contribution in [0.3, 0.4) is 0 Å². The van der Waals surface area contributed by atoms with Gasteiger partial charge in [0, 0.05) is 19.0 Å². The largest absolute Gasteiger partial charge is 0.471 e. The average Bonchev–Trinajstić information content (AvgIpc) is 2.07. The molecule has 1 rings (SSSR count). The van der Waals surface area contributed by atoms with Crippen molar-refractivity contribution in [1.82, 2.24) is 4.90 Å². The van der Waals surface area contributed by atoms with Crippen LogP contribution in [-0.4, -0.2) is 36.2 Å². The SMILES string of the molecule is C[C@@H]1CN(C(=O)C(F)(F)F)CC[C@@H]1F. The van der Waals surface area contributed by atoms with E-state index in [2.05, 4.69) is 0 Å². The Morgan fingerprint density at radius 3 is 2.43 bits per heavy atom. The molecule has 0 aliphatic carbocycles. The van der Waals surface area contributed by atoms with E-state index in [1.165, 1.54) is 6.92 Å². The lowest BCUT2D eigenvalue weighted by molar-refractivity contribution is -0.187. The van der Waals surface area contributed by atoms with Crippen LogP contribution in [0.1, 0.15) is 13.3 Å². The molecule has 1 saturated heterocycles. The topological polar surface area (TPSA) is 20.3 Å². The molecule has 1 aliphatic heterocycles. The van der Waals surface area contributed by atoms with Crippen LogP contribution in [0.5, 0.6) is 0 Å². The number of nitrogens with zero attached hydrogens (tertiary/aromatic N) is 1. The van der Waals surface area contributed by atoms with E-state index >= 15 is 0 Å². The first-order chi connectivity index (χ1) is 6.32. The number of halogens is 4. The fourth-order valence-electron chi connectivity index (χ4n) is 1.48. The van der Waals surface area contributed by atoms with Crippen molar-refractivity contribution in [3.63, 3.8) is 0 Å². The van der Waals surface area contributed by atoms with Gasteiger partial charge in [-0.15, -0.1) is 0 Å². The maximum Gasteiger partial charge on any atom is 0.471 e. The highest BCUT2D eigenvalue weighted by atomic mass is 19.4. The maximum absolute atomic E-state index is 12.9. The number of carbonyl (C=O) groups is 1. The number of hydrogen-bond acceptors (Lipinski definition) is 1. The second kappa shape index (κ2) is 3.74. The average molecular weight is 213 g/mol. The third-order valence-corrected chi connectivity index (χ3v) is 2.33. The van der Waals surface area contributed by atoms with Gasteiger partial charge in [0.1, 0.15) is 6.17 Å². The lowest BCUT2D eigenvalue weighted by Crippen LogP contribution is -2.48. The summed E-state index contributed by atoms with van der Waals surface area (Å²) in [6, 6.07) is 0. The Balaban J connectivity index is 2.59. The second-order valence-electron chi connectivity index (χ2n) is 3.53. The number of amides is 1. The number of likely N-dealkylation sites (tertiary alicyclic amines) is 1. The first-order valence-corrected chi connectivity index (χ1v) is 4.32. The van der Waals surface area contributed by atoms with Crippen molar-refractivity contribution in [2.24, 2.45) is 5.92 Å². The minimum Gasteiger partial charge on any atom is -0.334 e. The minimum atomic E-state index is -4.84. The molecule has 2 atom stereocenters. The van der Waals surface area contributed by atoms with E-state index in [0.717, 1.165) is 0 Å². The van der Waals surface area contributed by atoms with Crippen LogP contribution in [-0.2, 0) is 4.79 Å². The zero-order valence-electron chi connectivity index (χ0n) is 7.64. The molecular formula is C8H11F4NO. The van der Waals surface area contributed by atoms with Gasteiger partial charge >= 0.3 is 12.1 Å². The van der Waals surface area contributed by atoms with Crippen molar-refractivity contribution in [1.29, 1.82) is 0 Å². The molecule has 1 amide bonds. The highest BCUT2D eigenvalue weighted by molar-refractivity contribution is 5.81. The lowest BCUT2D eigenvalue weighted by atomic mass is 9.98. The highest BCUT2D eigenvalue weighted by Gasteiger charge is 2.44. The van der Waals surface area contributed by atoms with Gasteiger partial charge in [0.05, 0.1) is 0 Å². The summed E-state index contributed by atoms with van der Waals surface area (Å²) in [5, 5.41) is 0. The van der Waals surface area contributed by atoms with Gasteiger partial charge in [0.15, 0.2) is 0 Å². The normalized spacial score (nSPS) is 29.1. The fourth-order valence-corrected chi connectivity index (χ4v) is 1.48. The zero-order chi connectivity index (χ0) is 10.9. The molecule has 0 aromatic heterocycles. The van der Waals surface area contributed by atoms with Gasteiger partial charge in [-0.25, -0.2) is 4.39 Å². The van der Waals surface area contributed by atoms with E-state index in [1.54, 1.807) is 0 Å². The number of alkyl halides is 4. The summed E-state index contributed by atoms with van der Waals surface area (Å²) in [4.78, 5) is 11.4. The summed E-state index contributed by atoms with van der Waals surface area (Å²) in [5.41, 5.74) is 0. The van der Waals surface area contributed by atoms with E-state index < -0.39 is 24.2 Å². The predicted molar refractivity (Wildman–Crippen MR) is 41.3 cm³/mol. The van der Waals surface area contributed by atoms with Gasteiger partial charge in [0.2, 0.25) is 0 Å². The Kier molecular flexibility index (Phi) is 3.01. The minimum absolute atomic E-state index is 0.0109. The van der Waals surface area contributed by atoms with E-state index in [0.29, 0.717) is 4.90 Å². The second-order valence-corrected chi connectivity index (χ2v) is 3.53. The Morgan fingerprint density at radius 1 is 1.43 bits per heavy atom. The maximum atomic E-state index is 12.9. The molecule has 0 radical (unpaired) electrons. The fraction of sp³-hybridized carbons (Fsp3) is 0.875. The van der Waals surface area contributed by atoms with Crippen molar-refractivity contribution < 1.29 is 22.4 Å². The van der Waals surface area contributed by atoms with Gasteiger partial charge in [-0.3, -0.25) is 4.79 Å². The van der Waals surface area contributed by atoms with Gasteiger partial charge in [0.25, 0.3) is 0 Å². The number of hydrogen-bond donors (Lipinski definition) is 0. The molecule has 0 saturated carbocycles. The molecule has 0 unspecified atom stereocenters. The van der Waals surface area contributed by atoms with Gasteiger partial charge in [-0.2, -0.15) is 13.2 Å². The molecule has 0 aromatic carbocycles. The summed E-state index contributed by atoms with van der Waals surface area (Å²) >= 11 is 0. The quantitative estimate of drug-likeness (QED) is 0.561. The molecule has 1 heterocycles. The van der Waals surface area contributed by atoms with Crippen molar-refractivity contribution in [2.75, 3.05) is 13.1 Å². The smallest absolute Gasteiger partial charge is 0.334 e. The predicted octanol–water partition coefficient (Wildman–Crippen LogP) is 1.76. The molecule has 6 heteroatoms.